The summed E-state index contributed by atoms with van der Waals surface area (Å²) in [5, 5.41) is 16.2. The molecule has 0 atom stereocenters. The molecular formula is C6H11Na3O7. The molecule has 0 aliphatic rings. The fourth-order valence-electron chi connectivity index (χ4n) is 0.396. The van der Waals surface area contributed by atoms with Gasteiger partial charge in [-0.2, -0.15) is 4.89 Å². The molecule has 0 aliphatic heterocycles. The zero-order valence-corrected chi connectivity index (χ0v) is 15.6. The van der Waals surface area contributed by atoms with Crippen LogP contribution in [0.1, 0.15) is 17.1 Å². The summed E-state index contributed by atoms with van der Waals surface area (Å²) in [5.41, 5.74) is 0. The smallest absolute Gasteiger partial charge is 1.00 e. The molecule has 0 aromatic carbocycles. The van der Waals surface area contributed by atoms with Crippen molar-refractivity contribution in [2.75, 3.05) is 6.61 Å². The Bertz CT molecular complexity index is 232. The second-order valence-corrected chi connectivity index (χ2v) is 2.01. The summed E-state index contributed by atoms with van der Waals surface area (Å²) in [6, 6.07) is 0. The van der Waals surface area contributed by atoms with Crippen LogP contribution in [0.2, 0.25) is 0 Å². The van der Waals surface area contributed by atoms with E-state index in [0.29, 0.717) is 0 Å². The van der Waals surface area contributed by atoms with Crippen LogP contribution in [0.15, 0.2) is 0 Å². The Morgan fingerprint density at radius 1 is 0.938 bits per heavy atom. The maximum absolute atomic E-state index is 10.5. The molecule has 2 N–H and O–H groups in total. The largest absolute Gasteiger partial charge is 1.00 e. The molecule has 10 heteroatoms. The summed E-state index contributed by atoms with van der Waals surface area (Å²) in [5.74, 6) is -3.34. The van der Waals surface area contributed by atoms with Crippen LogP contribution in [0.5, 0.6) is 0 Å². The molecule has 80 valence electrons. The normalized spacial score (nSPS) is 7.50. The third-order valence-electron chi connectivity index (χ3n) is 0.877. The fraction of sp³-hybridized carbons (Fsp3) is 0.500. The Kier molecular flexibility index (Phi) is 26.6. The van der Waals surface area contributed by atoms with Gasteiger partial charge < -0.3 is 14.5 Å². The number of hydrogen-bond acceptors (Lipinski definition) is 5. The maximum Gasteiger partial charge on any atom is 1.00 e. The van der Waals surface area contributed by atoms with Crippen molar-refractivity contribution in [1.82, 2.24) is 0 Å². The van der Waals surface area contributed by atoms with Gasteiger partial charge in [0, 0.05) is 0 Å². The van der Waals surface area contributed by atoms with Gasteiger partial charge in [0.05, 0.1) is 12.8 Å². The number of rotatable bonds is 6. The summed E-state index contributed by atoms with van der Waals surface area (Å²) < 4.78 is 0. The molecule has 0 spiro atoms. The fourth-order valence-corrected chi connectivity index (χ4v) is 0.396. The Morgan fingerprint density at radius 2 is 1.44 bits per heavy atom. The number of carbonyl (C=O) groups excluding carboxylic acids is 1. The summed E-state index contributed by atoms with van der Waals surface area (Å²) >= 11 is 0. The van der Waals surface area contributed by atoms with Gasteiger partial charge in [-0.25, -0.2) is 9.59 Å². The van der Waals surface area contributed by atoms with E-state index in [1.165, 1.54) is 0 Å². The average Bonchev–Trinajstić information content (AvgIpc) is 2.00. The van der Waals surface area contributed by atoms with Crippen molar-refractivity contribution in [3.63, 3.8) is 0 Å². The maximum atomic E-state index is 10.5. The van der Waals surface area contributed by atoms with Crippen LogP contribution >= 0.6 is 0 Å². The molecule has 0 radical (unpaired) electrons. The van der Waals surface area contributed by atoms with Gasteiger partial charge in [0.25, 0.3) is 0 Å². The minimum absolute atomic E-state index is 0. The Hall–Kier alpha value is 1.37. The van der Waals surface area contributed by atoms with Crippen LogP contribution in [0.3, 0.4) is 0 Å². The van der Waals surface area contributed by atoms with E-state index in [0.717, 1.165) is 0 Å². The van der Waals surface area contributed by atoms with E-state index in [9.17, 15) is 14.4 Å². The molecule has 0 rings (SSSR count). The van der Waals surface area contributed by atoms with Gasteiger partial charge >= 0.3 is 107 Å². The van der Waals surface area contributed by atoms with Crippen LogP contribution in [-0.2, 0) is 24.2 Å². The Labute approximate surface area is 162 Å². The minimum atomic E-state index is -1.29. The van der Waals surface area contributed by atoms with Gasteiger partial charge in [-0.05, 0) is 0 Å². The number of carboxylic acids is 2. The molecule has 0 aromatic rings. The second-order valence-electron chi connectivity index (χ2n) is 2.01. The van der Waals surface area contributed by atoms with Gasteiger partial charge in [-0.15, -0.1) is 0 Å². The topological polar surface area (TPSA) is 110 Å². The van der Waals surface area contributed by atoms with Crippen molar-refractivity contribution in [2.24, 2.45) is 0 Å². The first-order valence-corrected chi connectivity index (χ1v) is 3.28. The molecule has 7 nitrogen and oxygen atoms in total. The average molecular weight is 264 g/mol. The third-order valence-corrected chi connectivity index (χ3v) is 0.877. The number of aliphatic carboxylic acids is 2. The molecular weight excluding hydrogens is 253 g/mol. The molecule has 0 bridgehead atoms. The molecule has 0 aliphatic carbocycles. The minimum Gasteiger partial charge on any atom is -1.00 e. The summed E-state index contributed by atoms with van der Waals surface area (Å²) in [6.07, 6.45) is -0.732. The van der Waals surface area contributed by atoms with Crippen molar-refractivity contribution in [3.05, 3.63) is 0 Å². The summed E-state index contributed by atoms with van der Waals surface area (Å²) in [6.45, 7) is -0.765. The molecule has 0 amide bonds. The SMILES string of the molecule is O=C(O)CCC(=O)OOCC(=O)O.[H-].[H-].[H-].[Na+].[Na+].[Na+]. The van der Waals surface area contributed by atoms with E-state index in [-0.39, 0.29) is 106 Å². The van der Waals surface area contributed by atoms with Crippen LogP contribution in [0.4, 0.5) is 0 Å². The van der Waals surface area contributed by atoms with Crippen molar-refractivity contribution >= 4 is 17.9 Å². The number of carboxylic acid groups (broad SMARTS) is 2. The van der Waals surface area contributed by atoms with E-state index in [4.69, 9.17) is 10.2 Å². The van der Waals surface area contributed by atoms with Crippen LogP contribution in [-0.4, -0.2) is 34.7 Å². The van der Waals surface area contributed by atoms with Gasteiger partial charge in [0.15, 0.2) is 6.61 Å². The monoisotopic (exact) mass is 264 g/mol. The van der Waals surface area contributed by atoms with Crippen molar-refractivity contribution in [3.8, 4) is 0 Å². The molecule has 0 saturated heterocycles. The predicted octanol–water partition coefficient (Wildman–Crippen LogP) is -9.24. The van der Waals surface area contributed by atoms with Crippen LogP contribution in [0.25, 0.3) is 0 Å². The zero-order valence-electron chi connectivity index (χ0n) is 12.6. The number of hydrogen-bond donors (Lipinski definition) is 2. The van der Waals surface area contributed by atoms with E-state index in [2.05, 4.69) is 9.78 Å². The molecule has 16 heavy (non-hydrogen) atoms. The van der Waals surface area contributed by atoms with Gasteiger partial charge in [0.2, 0.25) is 0 Å². The summed E-state index contributed by atoms with van der Waals surface area (Å²) in [4.78, 5) is 38.2. The van der Waals surface area contributed by atoms with Crippen molar-refractivity contribution in [2.45, 2.75) is 12.8 Å². The molecule has 0 saturated carbocycles. The third kappa shape index (κ3) is 20.7. The van der Waals surface area contributed by atoms with E-state index in [1.54, 1.807) is 0 Å². The van der Waals surface area contributed by atoms with E-state index >= 15 is 0 Å². The van der Waals surface area contributed by atoms with Gasteiger partial charge in [-0.1, -0.05) is 0 Å². The van der Waals surface area contributed by atoms with E-state index < -0.39 is 24.5 Å². The zero-order chi connectivity index (χ0) is 10.3. The predicted molar refractivity (Wildman–Crippen MR) is 39.9 cm³/mol. The molecule has 0 aromatic heterocycles. The van der Waals surface area contributed by atoms with Crippen LogP contribution in [0, 0.1) is 0 Å². The van der Waals surface area contributed by atoms with Gasteiger partial charge in [-0.3, -0.25) is 9.68 Å². The molecule has 0 fully saturated rings. The number of carbonyl (C=O) groups is 3. The van der Waals surface area contributed by atoms with Crippen molar-refractivity contribution < 1.29 is 127 Å². The molecule has 0 unspecified atom stereocenters. The second kappa shape index (κ2) is 16.4. The first-order chi connectivity index (χ1) is 6.02. The van der Waals surface area contributed by atoms with Crippen LogP contribution < -0.4 is 88.7 Å². The van der Waals surface area contributed by atoms with E-state index in [1.807, 2.05) is 0 Å². The van der Waals surface area contributed by atoms with Gasteiger partial charge in [0.1, 0.15) is 0 Å². The summed E-state index contributed by atoms with van der Waals surface area (Å²) in [7, 11) is 0. The standard InChI is InChI=1S/C6H8O7.3Na.3H/c7-4(8)1-2-6(11)13-12-3-5(9)10;;;;;;/h1-3H2,(H,7,8)(H,9,10);;;;;;/q;3*+1;3*-1. The molecule has 0 heterocycles. The first kappa shape index (κ1) is 26.0. The Balaban J connectivity index is -0.0000000480. The quantitative estimate of drug-likeness (QED) is 0.278. The Morgan fingerprint density at radius 3 is 1.81 bits per heavy atom. The first-order valence-electron chi connectivity index (χ1n) is 3.28. The van der Waals surface area contributed by atoms with Crippen molar-refractivity contribution in [1.29, 1.82) is 0 Å².